The average molecular weight is 208 g/mol. The van der Waals surface area contributed by atoms with E-state index in [0.717, 1.165) is 0 Å². The number of hydrogen-bond acceptors (Lipinski definition) is 3. The van der Waals surface area contributed by atoms with Crippen molar-refractivity contribution in [3.8, 4) is 5.75 Å². The Bertz CT molecular complexity index is 320. The molecule has 0 aliphatic rings. The maximum absolute atomic E-state index is 11.4. The SMILES string of the molecule is CC(C)NCC(=O)Nc1ccc(O)cc1. The van der Waals surface area contributed by atoms with Crippen LogP contribution in [0.4, 0.5) is 5.69 Å². The molecule has 1 amide bonds. The summed E-state index contributed by atoms with van der Waals surface area (Å²) in [6.45, 7) is 4.25. The highest BCUT2D eigenvalue weighted by Crippen LogP contribution is 2.13. The minimum atomic E-state index is -0.0885. The molecule has 0 heterocycles. The molecule has 0 bridgehead atoms. The first-order valence-corrected chi connectivity index (χ1v) is 4.90. The number of hydrogen-bond donors (Lipinski definition) is 3. The summed E-state index contributed by atoms with van der Waals surface area (Å²) in [5, 5.41) is 14.8. The number of amides is 1. The number of rotatable bonds is 4. The number of carbonyl (C=O) groups is 1. The summed E-state index contributed by atoms with van der Waals surface area (Å²) in [7, 11) is 0. The van der Waals surface area contributed by atoms with E-state index in [1.807, 2.05) is 13.8 Å². The van der Waals surface area contributed by atoms with Crippen LogP contribution in [0.15, 0.2) is 24.3 Å². The third-order valence-electron chi connectivity index (χ3n) is 1.82. The zero-order chi connectivity index (χ0) is 11.3. The molecule has 4 nitrogen and oxygen atoms in total. The lowest BCUT2D eigenvalue weighted by molar-refractivity contribution is -0.115. The Balaban J connectivity index is 2.41. The molecule has 0 radical (unpaired) electrons. The van der Waals surface area contributed by atoms with E-state index in [1.54, 1.807) is 12.1 Å². The van der Waals surface area contributed by atoms with Gasteiger partial charge in [-0.25, -0.2) is 0 Å². The van der Waals surface area contributed by atoms with Gasteiger partial charge in [-0.05, 0) is 24.3 Å². The van der Waals surface area contributed by atoms with Gasteiger partial charge in [-0.3, -0.25) is 4.79 Å². The van der Waals surface area contributed by atoms with Gasteiger partial charge in [-0.1, -0.05) is 13.8 Å². The second kappa shape index (κ2) is 5.36. The average Bonchev–Trinajstić information content (AvgIpc) is 2.19. The fourth-order valence-corrected chi connectivity index (χ4v) is 1.05. The van der Waals surface area contributed by atoms with E-state index in [0.29, 0.717) is 12.2 Å². The van der Waals surface area contributed by atoms with Crippen molar-refractivity contribution in [3.05, 3.63) is 24.3 Å². The van der Waals surface area contributed by atoms with Crippen LogP contribution in [0.3, 0.4) is 0 Å². The number of anilines is 1. The van der Waals surface area contributed by atoms with Crippen molar-refractivity contribution in [3.63, 3.8) is 0 Å². The van der Waals surface area contributed by atoms with Crippen molar-refractivity contribution in [2.75, 3.05) is 11.9 Å². The molecular weight excluding hydrogens is 192 g/mol. The van der Waals surface area contributed by atoms with Crippen LogP contribution in [0.25, 0.3) is 0 Å². The molecule has 0 spiro atoms. The molecule has 4 heteroatoms. The van der Waals surface area contributed by atoms with E-state index < -0.39 is 0 Å². The number of nitrogens with one attached hydrogen (secondary N) is 2. The number of phenolic OH excluding ortho intramolecular Hbond substituents is 1. The highest BCUT2D eigenvalue weighted by molar-refractivity contribution is 5.92. The smallest absolute Gasteiger partial charge is 0.238 e. The molecule has 0 fully saturated rings. The van der Waals surface area contributed by atoms with Crippen LogP contribution in [0.5, 0.6) is 5.75 Å². The van der Waals surface area contributed by atoms with Gasteiger partial charge in [0.05, 0.1) is 6.54 Å². The Hall–Kier alpha value is -1.55. The van der Waals surface area contributed by atoms with Crippen molar-refractivity contribution in [2.24, 2.45) is 0 Å². The van der Waals surface area contributed by atoms with Crippen LogP contribution in [0.2, 0.25) is 0 Å². The molecule has 82 valence electrons. The topological polar surface area (TPSA) is 61.4 Å². The summed E-state index contributed by atoms with van der Waals surface area (Å²) in [5.41, 5.74) is 0.684. The first-order chi connectivity index (χ1) is 7.08. The van der Waals surface area contributed by atoms with Gasteiger partial charge in [-0.15, -0.1) is 0 Å². The summed E-state index contributed by atoms with van der Waals surface area (Å²) in [4.78, 5) is 11.4. The molecule has 0 saturated heterocycles. The lowest BCUT2D eigenvalue weighted by Crippen LogP contribution is -2.32. The normalized spacial score (nSPS) is 10.3. The molecular formula is C11H16N2O2. The van der Waals surface area contributed by atoms with Crippen LogP contribution in [0.1, 0.15) is 13.8 Å². The second-order valence-electron chi connectivity index (χ2n) is 3.63. The van der Waals surface area contributed by atoms with Gasteiger partial charge in [0.15, 0.2) is 0 Å². The van der Waals surface area contributed by atoms with Gasteiger partial charge >= 0.3 is 0 Å². The predicted octanol–water partition coefficient (Wildman–Crippen LogP) is 1.33. The largest absolute Gasteiger partial charge is 0.508 e. The van der Waals surface area contributed by atoms with E-state index in [1.165, 1.54) is 12.1 Å². The molecule has 0 atom stereocenters. The lowest BCUT2D eigenvalue weighted by atomic mass is 10.3. The molecule has 1 rings (SSSR count). The Morgan fingerprint density at radius 1 is 1.33 bits per heavy atom. The maximum atomic E-state index is 11.4. The van der Waals surface area contributed by atoms with Crippen LogP contribution < -0.4 is 10.6 Å². The molecule has 0 unspecified atom stereocenters. The van der Waals surface area contributed by atoms with Gasteiger partial charge in [0, 0.05) is 11.7 Å². The zero-order valence-corrected chi connectivity index (χ0v) is 8.95. The first-order valence-electron chi connectivity index (χ1n) is 4.90. The summed E-state index contributed by atoms with van der Waals surface area (Å²) in [6, 6.07) is 6.66. The standard InChI is InChI=1S/C11H16N2O2/c1-8(2)12-7-11(15)13-9-3-5-10(14)6-4-9/h3-6,8,12,14H,7H2,1-2H3,(H,13,15). The van der Waals surface area contributed by atoms with Crippen molar-refractivity contribution in [1.29, 1.82) is 0 Å². The summed E-state index contributed by atoms with van der Waals surface area (Å²) in [5.74, 6) is 0.0997. The van der Waals surface area contributed by atoms with Crippen LogP contribution >= 0.6 is 0 Å². The quantitative estimate of drug-likeness (QED) is 0.654. The maximum Gasteiger partial charge on any atom is 0.238 e. The Morgan fingerprint density at radius 3 is 2.47 bits per heavy atom. The molecule has 15 heavy (non-hydrogen) atoms. The van der Waals surface area contributed by atoms with E-state index >= 15 is 0 Å². The van der Waals surface area contributed by atoms with Crippen LogP contribution in [-0.4, -0.2) is 23.6 Å². The molecule has 1 aromatic carbocycles. The predicted molar refractivity (Wildman–Crippen MR) is 59.9 cm³/mol. The Morgan fingerprint density at radius 2 is 1.93 bits per heavy atom. The molecule has 0 aromatic heterocycles. The van der Waals surface area contributed by atoms with Crippen molar-refractivity contribution < 1.29 is 9.90 Å². The Labute approximate surface area is 89.3 Å². The second-order valence-corrected chi connectivity index (χ2v) is 3.63. The molecule has 1 aromatic rings. The van der Waals surface area contributed by atoms with E-state index in [2.05, 4.69) is 10.6 Å². The molecule has 3 N–H and O–H groups in total. The fourth-order valence-electron chi connectivity index (χ4n) is 1.05. The fraction of sp³-hybridized carbons (Fsp3) is 0.364. The minimum absolute atomic E-state index is 0.0885. The summed E-state index contributed by atoms with van der Waals surface area (Å²) >= 11 is 0. The number of aromatic hydroxyl groups is 1. The number of phenols is 1. The zero-order valence-electron chi connectivity index (χ0n) is 8.95. The third-order valence-corrected chi connectivity index (χ3v) is 1.82. The van der Waals surface area contributed by atoms with Gasteiger partial charge < -0.3 is 15.7 Å². The van der Waals surface area contributed by atoms with Gasteiger partial charge in [0.25, 0.3) is 0 Å². The molecule has 0 aliphatic heterocycles. The Kier molecular flexibility index (Phi) is 4.12. The molecule has 0 saturated carbocycles. The van der Waals surface area contributed by atoms with Gasteiger partial charge in [0.2, 0.25) is 5.91 Å². The van der Waals surface area contributed by atoms with Gasteiger partial charge in [-0.2, -0.15) is 0 Å². The van der Waals surface area contributed by atoms with Crippen molar-refractivity contribution in [2.45, 2.75) is 19.9 Å². The highest BCUT2D eigenvalue weighted by Gasteiger charge is 2.02. The van der Waals surface area contributed by atoms with E-state index in [9.17, 15) is 4.79 Å². The highest BCUT2D eigenvalue weighted by atomic mass is 16.3. The van der Waals surface area contributed by atoms with Crippen LogP contribution in [0, 0.1) is 0 Å². The number of carbonyl (C=O) groups excluding carboxylic acids is 1. The summed E-state index contributed by atoms with van der Waals surface area (Å²) in [6.07, 6.45) is 0. The van der Waals surface area contributed by atoms with Gasteiger partial charge in [0.1, 0.15) is 5.75 Å². The minimum Gasteiger partial charge on any atom is -0.508 e. The van der Waals surface area contributed by atoms with E-state index in [-0.39, 0.29) is 17.7 Å². The lowest BCUT2D eigenvalue weighted by Gasteiger charge is -2.08. The van der Waals surface area contributed by atoms with E-state index in [4.69, 9.17) is 5.11 Å². The van der Waals surface area contributed by atoms with Crippen molar-refractivity contribution >= 4 is 11.6 Å². The molecule has 0 aliphatic carbocycles. The van der Waals surface area contributed by atoms with Crippen LogP contribution in [-0.2, 0) is 4.79 Å². The summed E-state index contributed by atoms with van der Waals surface area (Å²) < 4.78 is 0. The monoisotopic (exact) mass is 208 g/mol. The first kappa shape index (κ1) is 11.5. The third kappa shape index (κ3) is 4.46. The van der Waals surface area contributed by atoms with Crippen molar-refractivity contribution in [1.82, 2.24) is 5.32 Å². The number of benzene rings is 1.